The predicted octanol–water partition coefficient (Wildman–Crippen LogP) is 3.17. The Balaban J connectivity index is 1.83. The van der Waals surface area contributed by atoms with Crippen molar-refractivity contribution in [3.05, 3.63) is 64.7 Å². The highest BCUT2D eigenvalue weighted by Crippen LogP contribution is 2.15. The Labute approximate surface area is 131 Å². The number of benzene rings is 2. The molecule has 2 aromatic rings. The molecule has 0 unspecified atom stereocenters. The van der Waals surface area contributed by atoms with Crippen molar-refractivity contribution >= 4 is 17.8 Å². The summed E-state index contributed by atoms with van der Waals surface area (Å²) >= 11 is 0. The molecule has 2 aromatic carbocycles. The first-order chi connectivity index (χ1) is 10.5. The Kier molecular flexibility index (Phi) is 5.31. The van der Waals surface area contributed by atoms with E-state index in [0.29, 0.717) is 0 Å². The molecule has 2 N–H and O–H groups in total. The van der Waals surface area contributed by atoms with Gasteiger partial charge >= 0.3 is 0 Å². The molecule has 0 radical (unpaired) electrons. The molecule has 0 fully saturated rings. The lowest BCUT2D eigenvalue weighted by molar-refractivity contribution is -0.119. The van der Waals surface area contributed by atoms with Crippen LogP contribution in [0, 0.1) is 20.8 Å². The van der Waals surface area contributed by atoms with Crippen molar-refractivity contribution in [2.24, 2.45) is 5.10 Å². The van der Waals surface area contributed by atoms with Gasteiger partial charge in [0.05, 0.1) is 12.8 Å². The second-order valence-electron chi connectivity index (χ2n) is 5.38. The van der Waals surface area contributed by atoms with Crippen LogP contribution in [0.2, 0.25) is 0 Å². The van der Waals surface area contributed by atoms with Gasteiger partial charge in [0, 0.05) is 5.69 Å². The number of amides is 1. The van der Waals surface area contributed by atoms with Crippen LogP contribution in [0.25, 0.3) is 0 Å². The Bertz CT molecular complexity index is 692. The molecule has 0 saturated carbocycles. The fourth-order valence-electron chi connectivity index (χ4n) is 2.16. The maximum Gasteiger partial charge on any atom is 0.259 e. The minimum absolute atomic E-state index is 0.177. The molecule has 0 atom stereocenters. The highest BCUT2D eigenvalue weighted by molar-refractivity contribution is 5.84. The quantitative estimate of drug-likeness (QED) is 0.657. The molecular weight excluding hydrogens is 274 g/mol. The number of hydrazone groups is 1. The molecule has 0 aliphatic rings. The number of aryl methyl sites for hydroxylation is 3. The van der Waals surface area contributed by atoms with Crippen molar-refractivity contribution in [3.63, 3.8) is 0 Å². The van der Waals surface area contributed by atoms with E-state index >= 15 is 0 Å². The molecule has 0 spiro atoms. The Morgan fingerprint density at radius 1 is 1.09 bits per heavy atom. The Morgan fingerprint density at radius 2 is 1.86 bits per heavy atom. The van der Waals surface area contributed by atoms with E-state index in [-0.39, 0.29) is 12.5 Å². The van der Waals surface area contributed by atoms with E-state index in [1.165, 1.54) is 5.56 Å². The Hall–Kier alpha value is -2.62. The van der Waals surface area contributed by atoms with Crippen molar-refractivity contribution in [1.82, 2.24) is 5.43 Å². The van der Waals surface area contributed by atoms with Crippen LogP contribution >= 0.6 is 0 Å². The SMILES string of the molecule is Cc1cccc(/C=N\NC(=O)CNc2ccc(C)cc2C)c1. The molecule has 0 saturated heterocycles. The third kappa shape index (κ3) is 4.74. The van der Waals surface area contributed by atoms with Gasteiger partial charge in [0.25, 0.3) is 5.91 Å². The van der Waals surface area contributed by atoms with Crippen LogP contribution in [0.4, 0.5) is 5.69 Å². The number of anilines is 1. The van der Waals surface area contributed by atoms with Gasteiger partial charge in [-0.3, -0.25) is 4.79 Å². The zero-order valence-corrected chi connectivity index (χ0v) is 13.2. The number of carbonyl (C=O) groups is 1. The zero-order chi connectivity index (χ0) is 15.9. The van der Waals surface area contributed by atoms with Gasteiger partial charge in [0.2, 0.25) is 0 Å². The summed E-state index contributed by atoms with van der Waals surface area (Å²) < 4.78 is 0. The van der Waals surface area contributed by atoms with Crippen LogP contribution in [-0.2, 0) is 4.79 Å². The fourth-order valence-corrected chi connectivity index (χ4v) is 2.16. The van der Waals surface area contributed by atoms with E-state index in [4.69, 9.17) is 0 Å². The van der Waals surface area contributed by atoms with Crippen LogP contribution < -0.4 is 10.7 Å². The molecule has 0 aromatic heterocycles. The van der Waals surface area contributed by atoms with Gasteiger partial charge in [0.15, 0.2) is 0 Å². The molecule has 0 aliphatic carbocycles. The van der Waals surface area contributed by atoms with Crippen molar-refractivity contribution in [2.45, 2.75) is 20.8 Å². The van der Waals surface area contributed by atoms with Crippen LogP contribution in [-0.4, -0.2) is 18.7 Å². The molecular formula is C18H21N3O. The summed E-state index contributed by atoms with van der Waals surface area (Å²) in [4.78, 5) is 11.8. The summed E-state index contributed by atoms with van der Waals surface area (Å²) in [6.45, 7) is 6.27. The third-order valence-electron chi connectivity index (χ3n) is 3.27. The average Bonchev–Trinajstić information content (AvgIpc) is 2.46. The van der Waals surface area contributed by atoms with E-state index in [0.717, 1.165) is 22.4 Å². The summed E-state index contributed by atoms with van der Waals surface area (Å²) in [5.74, 6) is -0.177. The zero-order valence-electron chi connectivity index (χ0n) is 13.2. The van der Waals surface area contributed by atoms with Gasteiger partial charge in [-0.1, -0.05) is 47.5 Å². The van der Waals surface area contributed by atoms with Crippen LogP contribution in [0.3, 0.4) is 0 Å². The third-order valence-corrected chi connectivity index (χ3v) is 3.27. The number of rotatable bonds is 5. The smallest absolute Gasteiger partial charge is 0.259 e. The Morgan fingerprint density at radius 3 is 2.59 bits per heavy atom. The van der Waals surface area contributed by atoms with Gasteiger partial charge in [0.1, 0.15) is 0 Å². The van der Waals surface area contributed by atoms with E-state index in [2.05, 4.69) is 21.9 Å². The number of nitrogens with one attached hydrogen (secondary N) is 2. The molecule has 1 amide bonds. The first-order valence-electron chi connectivity index (χ1n) is 7.24. The second kappa shape index (κ2) is 7.41. The lowest BCUT2D eigenvalue weighted by Gasteiger charge is -2.09. The van der Waals surface area contributed by atoms with Crippen LogP contribution in [0.1, 0.15) is 22.3 Å². The maximum absolute atomic E-state index is 11.8. The highest BCUT2D eigenvalue weighted by Gasteiger charge is 2.02. The van der Waals surface area contributed by atoms with E-state index in [1.54, 1.807) is 6.21 Å². The lowest BCUT2D eigenvalue weighted by Crippen LogP contribution is -2.26. The highest BCUT2D eigenvalue weighted by atomic mass is 16.2. The standard InChI is InChI=1S/C18H21N3O/c1-13-5-4-6-16(10-13)11-20-21-18(22)12-19-17-8-7-14(2)9-15(17)3/h4-11,19H,12H2,1-3H3,(H,21,22)/b20-11-. The van der Waals surface area contributed by atoms with Crippen molar-refractivity contribution in [3.8, 4) is 0 Å². The van der Waals surface area contributed by atoms with E-state index in [1.807, 2.05) is 57.2 Å². The average molecular weight is 295 g/mol. The molecule has 22 heavy (non-hydrogen) atoms. The molecule has 0 bridgehead atoms. The minimum atomic E-state index is -0.177. The number of carbonyl (C=O) groups excluding carboxylic acids is 1. The van der Waals surface area contributed by atoms with Crippen molar-refractivity contribution < 1.29 is 4.79 Å². The normalized spacial score (nSPS) is 10.7. The summed E-state index contributed by atoms with van der Waals surface area (Å²) in [6.07, 6.45) is 1.64. The fraction of sp³-hybridized carbons (Fsp3) is 0.222. The van der Waals surface area contributed by atoms with Gasteiger partial charge in [-0.2, -0.15) is 5.10 Å². The van der Waals surface area contributed by atoms with E-state index in [9.17, 15) is 4.79 Å². The number of nitrogens with zero attached hydrogens (tertiary/aromatic N) is 1. The number of hydrogen-bond donors (Lipinski definition) is 2. The molecule has 0 heterocycles. The summed E-state index contributed by atoms with van der Waals surface area (Å²) in [6, 6.07) is 14.0. The largest absolute Gasteiger partial charge is 0.376 e. The predicted molar refractivity (Wildman–Crippen MR) is 91.3 cm³/mol. The lowest BCUT2D eigenvalue weighted by atomic mass is 10.1. The molecule has 2 rings (SSSR count). The second-order valence-corrected chi connectivity index (χ2v) is 5.38. The van der Waals surface area contributed by atoms with Gasteiger partial charge in [-0.15, -0.1) is 0 Å². The summed E-state index contributed by atoms with van der Waals surface area (Å²) in [5.41, 5.74) is 7.93. The van der Waals surface area contributed by atoms with Gasteiger partial charge in [-0.05, 0) is 38.0 Å². The van der Waals surface area contributed by atoms with Gasteiger partial charge in [-0.25, -0.2) is 5.43 Å². The molecule has 4 nitrogen and oxygen atoms in total. The maximum atomic E-state index is 11.8. The molecule has 114 valence electrons. The monoisotopic (exact) mass is 295 g/mol. The summed E-state index contributed by atoms with van der Waals surface area (Å²) in [5, 5.41) is 7.08. The van der Waals surface area contributed by atoms with Gasteiger partial charge < -0.3 is 5.32 Å². The number of hydrogen-bond acceptors (Lipinski definition) is 3. The molecule has 4 heteroatoms. The van der Waals surface area contributed by atoms with Crippen LogP contribution in [0.15, 0.2) is 47.6 Å². The first-order valence-corrected chi connectivity index (χ1v) is 7.24. The summed E-state index contributed by atoms with van der Waals surface area (Å²) in [7, 11) is 0. The first kappa shape index (κ1) is 15.8. The topological polar surface area (TPSA) is 53.5 Å². The van der Waals surface area contributed by atoms with E-state index < -0.39 is 0 Å². The van der Waals surface area contributed by atoms with Crippen molar-refractivity contribution in [2.75, 3.05) is 11.9 Å². The molecule has 0 aliphatic heterocycles. The van der Waals surface area contributed by atoms with Crippen molar-refractivity contribution in [1.29, 1.82) is 0 Å². The van der Waals surface area contributed by atoms with Crippen LogP contribution in [0.5, 0.6) is 0 Å². The minimum Gasteiger partial charge on any atom is -0.376 e.